The van der Waals surface area contributed by atoms with E-state index in [1.54, 1.807) is 66.5 Å². The molecule has 3 N–H and O–H groups in total. The lowest BCUT2D eigenvalue weighted by Gasteiger charge is -2.36. The van der Waals surface area contributed by atoms with E-state index in [0.29, 0.717) is 35.7 Å². The van der Waals surface area contributed by atoms with E-state index < -0.39 is 6.04 Å². The van der Waals surface area contributed by atoms with Crippen LogP contribution in [0.4, 0.5) is 10.5 Å². The van der Waals surface area contributed by atoms with Crippen LogP contribution in [0.2, 0.25) is 0 Å². The predicted octanol–water partition coefficient (Wildman–Crippen LogP) is 4.18. The van der Waals surface area contributed by atoms with E-state index in [4.69, 9.17) is 9.47 Å². The first-order valence-electron chi connectivity index (χ1n) is 15.1. The van der Waals surface area contributed by atoms with Crippen molar-refractivity contribution in [1.29, 1.82) is 0 Å². The van der Waals surface area contributed by atoms with Crippen LogP contribution in [-0.2, 0) is 4.74 Å². The first-order chi connectivity index (χ1) is 20.5. The molecule has 0 saturated carbocycles. The number of fused-ring (bicyclic) bond motifs is 1. The Hall–Kier alpha value is -3.70. The van der Waals surface area contributed by atoms with Crippen LogP contribution >= 0.6 is 0 Å². The van der Waals surface area contributed by atoms with E-state index in [0.717, 1.165) is 19.3 Å². The molecule has 2 heterocycles. The zero-order valence-corrected chi connectivity index (χ0v) is 26.2. The van der Waals surface area contributed by atoms with Crippen LogP contribution in [-0.4, -0.2) is 95.4 Å². The van der Waals surface area contributed by atoms with E-state index in [1.807, 2.05) is 27.7 Å². The number of hydrogen-bond donors (Lipinski definition) is 3. The second-order valence-corrected chi connectivity index (χ2v) is 11.7. The average molecular weight is 598 g/mol. The average Bonchev–Trinajstić information content (AvgIpc) is 2.98. The highest BCUT2D eigenvalue weighted by Crippen LogP contribution is 2.28. The van der Waals surface area contributed by atoms with Gasteiger partial charge in [0.05, 0.1) is 30.4 Å². The van der Waals surface area contributed by atoms with Crippen LogP contribution in [0.15, 0.2) is 42.7 Å². The maximum atomic E-state index is 14.2. The van der Waals surface area contributed by atoms with Gasteiger partial charge in [-0.2, -0.15) is 0 Å². The number of benzene rings is 1. The molecule has 0 bridgehead atoms. The highest BCUT2D eigenvalue weighted by atomic mass is 16.5. The number of hydrogen-bond acceptors (Lipinski definition) is 7. The van der Waals surface area contributed by atoms with Gasteiger partial charge in [-0.05, 0) is 77.3 Å². The summed E-state index contributed by atoms with van der Waals surface area (Å²) in [6.07, 6.45) is 5.07. The maximum absolute atomic E-state index is 14.2. The van der Waals surface area contributed by atoms with E-state index in [1.165, 1.54) is 0 Å². The van der Waals surface area contributed by atoms with Gasteiger partial charge >= 0.3 is 6.03 Å². The van der Waals surface area contributed by atoms with Gasteiger partial charge in [0.2, 0.25) is 0 Å². The summed E-state index contributed by atoms with van der Waals surface area (Å²) in [4.78, 5) is 46.9. The Balaban J connectivity index is 1.93. The zero-order chi connectivity index (χ0) is 31.5. The van der Waals surface area contributed by atoms with E-state index in [2.05, 4.69) is 15.6 Å². The molecule has 1 aliphatic heterocycles. The molecule has 4 atom stereocenters. The normalized spacial score (nSPS) is 20.8. The molecule has 2 aromatic rings. The number of carbonyl (C=O) groups excluding carboxylic acids is 3. The van der Waals surface area contributed by atoms with E-state index in [9.17, 15) is 19.5 Å². The highest BCUT2D eigenvalue weighted by Gasteiger charge is 2.31. The molecule has 0 fully saturated rings. The molecule has 11 heteroatoms. The van der Waals surface area contributed by atoms with Crippen molar-refractivity contribution in [2.45, 2.75) is 78.2 Å². The minimum Gasteiger partial charge on any atom is -0.490 e. The Kier molecular flexibility index (Phi) is 12.8. The Labute approximate surface area is 254 Å². The van der Waals surface area contributed by atoms with Crippen LogP contribution in [0.3, 0.4) is 0 Å². The quantitative estimate of drug-likeness (QED) is 0.436. The van der Waals surface area contributed by atoms with Gasteiger partial charge in [-0.1, -0.05) is 6.92 Å². The van der Waals surface area contributed by atoms with Gasteiger partial charge in [-0.15, -0.1) is 0 Å². The van der Waals surface area contributed by atoms with Crippen LogP contribution in [0.5, 0.6) is 5.75 Å². The number of nitrogens with zero attached hydrogens (tertiary/aromatic N) is 3. The zero-order valence-electron chi connectivity index (χ0n) is 26.2. The predicted molar refractivity (Wildman–Crippen MR) is 165 cm³/mol. The lowest BCUT2D eigenvalue weighted by molar-refractivity contribution is -0.0149. The standard InChI is InChI=1S/C32H47N5O6/c1-21(2)34-32(41)35-26-10-11-28-27(17-26)31(40)37(23(4)20-38)18-22(3)29(42-16-8-7-9-24(5)43-28)19-36(6)30(39)25-12-14-33-15-13-25/h10-15,17,21-24,29,38H,7-9,16,18-20H2,1-6H3,(H2,34,35,41)/t22-,23+,24-,29-/m0/s1. The highest BCUT2D eigenvalue weighted by molar-refractivity contribution is 5.99. The fraction of sp³-hybridized carbons (Fsp3) is 0.562. The molecule has 3 rings (SSSR count). The third kappa shape index (κ3) is 9.93. The van der Waals surface area contributed by atoms with Crippen molar-refractivity contribution in [2.24, 2.45) is 5.92 Å². The number of carbonyl (C=O) groups is 3. The second kappa shape index (κ2) is 16.2. The van der Waals surface area contributed by atoms with Crippen LogP contribution in [0.25, 0.3) is 0 Å². The molecule has 1 aromatic heterocycles. The van der Waals surface area contributed by atoms with Crippen molar-refractivity contribution >= 4 is 23.5 Å². The first-order valence-corrected chi connectivity index (χ1v) is 15.1. The van der Waals surface area contributed by atoms with Crippen LogP contribution in [0.1, 0.15) is 74.6 Å². The number of aliphatic hydroxyl groups is 1. The lowest BCUT2D eigenvalue weighted by atomic mass is 10.0. The lowest BCUT2D eigenvalue weighted by Crippen LogP contribution is -2.48. The third-order valence-corrected chi connectivity index (χ3v) is 7.46. The maximum Gasteiger partial charge on any atom is 0.319 e. The molecule has 1 aliphatic rings. The van der Waals surface area contributed by atoms with Gasteiger partial charge in [0.15, 0.2) is 0 Å². The number of likely N-dealkylation sites (N-methyl/N-ethyl adjacent to an activating group) is 1. The van der Waals surface area contributed by atoms with Crippen molar-refractivity contribution in [3.8, 4) is 5.75 Å². The fourth-order valence-electron chi connectivity index (χ4n) is 4.96. The number of ether oxygens (including phenoxy) is 2. The van der Waals surface area contributed by atoms with Gasteiger partial charge < -0.3 is 35.0 Å². The molecule has 0 aliphatic carbocycles. The molecule has 1 aromatic carbocycles. The molecule has 0 saturated heterocycles. The van der Waals surface area contributed by atoms with Crippen molar-refractivity contribution in [2.75, 3.05) is 38.7 Å². The summed E-state index contributed by atoms with van der Waals surface area (Å²) in [5.41, 5.74) is 1.28. The fourth-order valence-corrected chi connectivity index (χ4v) is 4.96. The van der Waals surface area contributed by atoms with Gasteiger partial charge in [0, 0.05) is 62.3 Å². The van der Waals surface area contributed by atoms with Crippen molar-refractivity contribution in [1.82, 2.24) is 20.1 Å². The molecular weight excluding hydrogens is 550 g/mol. The van der Waals surface area contributed by atoms with Gasteiger partial charge in [0.1, 0.15) is 5.75 Å². The largest absolute Gasteiger partial charge is 0.490 e. The number of pyridine rings is 1. The summed E-state index contributed by atoms with van der Waals surface area (Å²) in [5.74, 6) is -0.242. The molecule has 4 amide bonds. The van der Waals surface area contributed by atoms with Gasteiger partial charge in [-0.3, -0.25) is 14.6 Å². The van der Waals surface area contributed by atoms with E-state index >= 15 is 0 Å². The number of rotatable bonds is 7. The Bertz CT molecular complexity index is 1210. The number of urea groups is 1. The molecule has 43 heavy (non-hydrogen) atoms. The smallest absolute Gasteiger partial charge is 0.319 e. The van der Waals surface area contributed by atoms with Crippen molar-refractivity contribution < 1.29 is 29.0 Å². The number of nitrogens with one attached hydrogen (secondary N) is 2. The summed E-state index contributed by atoms with van der Waals surface area (Å²) in [7, 11) is 1.74. The molecular formula is C32H47N5O6. The molecule has 0 radical (unpaired) electrons. The van der Waals surface area contributed by atoms with E-state index in [-0.39, 0.29) is 55.2 Å². The molecule has 0 spiro atoms. The second-order valence-electron chi connectivity index (χ2n) is 11.7. The first kappa shape index (κ1) is 33.8. The van der Waals surface area contributed by atoms with Crippen LogP contribution in [0, 0.1) is 5.92 Å². The SMILES string of the molecule is CC(C)NC(=O)Nc1ccc2c(c1)C(=O)N([C@H](C)CO)C[C@H](C)[C@H](CN(C)C(=O)c1ccncc1)OCCCC[C@H](C)O2. The van der Waals surface area contributed by atoms with Crippen molar-refractivity contribution in [3.05, 3.63) is 53.9 Å². The summed E-state index contributed by atoms with van der Waals surface area (Å²) in [6.45, 7) is 10.3. The molecule has 0 unspecified atom stereocenters. The van der Waals surface area contributed by atoms with Gasteiger partial charge in [0.25, 0.3) is 11.8 Å². The number of aliphatic hydroxyl groups excluding tert-OH is 1. The Morgan fingerprint density at radius 2 is 1.86 bits per heavy atom. The summed E-state index contributed by atoms with van der Waals surface area (Å²) in [5, 5.41) is 15.7. The van der Waals surface area contributed by atoms with Crippen molar-refractivity contribution in [3.63, 3.8) is 0 Å². The Morgan fingerprint density at radius 3 is 2.53 bits per heavy atom. The van der Waals surface area contributed by atoms with Gasteiger partial charge in [-0.25, -0.2) is 4.79 Å². The topological polar surface area (TPSA) is 133 Å². The summed E-state index contributed by atoms with van der Waals surface area (Å²) in [6, 6.07) is 7.45. The number of aromatic nitrogens is 1. The number of anilines is 1. The third-order valence-electron chi connectivity index (χ3n) is 7.46. The summed E-state index contributed by atoms with van der Waals surface area (Å²) >= 11 is 0. The van der Waals surface area contributed by atoms with Crippen LogP contribution < -0.4 is 15.4 Å². The monoisotopic (exact) mass is 597 g/mol. The molecule has 11 nitrogen and oxygen atoms in total. The minimum atomic E-state index is -0.509. The minimum absolute atomic E-state index is 0.0558. The Morgan fingerprint density at radius 1 is 1.14 bits per heavy atom. The molecule has 236 valence electrons. The summed E-state index contributed by atoms with van der Waals surface area (Å²) < 4.78 is 12.6. The number of amides is 4.